The van der Waals surface area contributed by atoms with Crippen molar-refractivity contribution >= 4 is 53.8 Å². The highest BCUT2D eigenvalue weighted by Crippen LogP contribution is 2.43. The van der Waals surface area contributed by atoms with Gasteiger partial charge in [-0.1, -0.05) is 38.8 Å². The maximum absolute atomic E-state index is 13.3. The highest BCUT2D eigenvalue weighted by atomic mass is 32.2. The molecule has 0 radical (unpaired) electrons. The maximum Gasteiger partial charge on any atom is 0.256 e. The molecule has 0 spiro atoms. The first kappa shape index (κ1) is 27.4. The quantitative estimate of drug-likeness (QED) is 0.208. The van der Waals surface area contributed by atoms with Crippen molar-refractivity contribution in [2.45, 2.75) is 58.3 Å². The van der Waals surface area contributed by atoms with Crippen LogP contribution < -0.4 is 5.32 Å². The Hall–Kier alpha value is -2.59. The molecule has 0 aliphatic carbocycles. The zero-order valence-corrected chi connectivity index (χ0v) is 24.2. The summed E-state index contributed by atoms with van der Waals surface area (Å²) in [6, 6.07) is 14.2. The number of thiazole rings is 1. The maximum atomic E-state index is 13.3. The second kappa shape index (κ2) is 11.9. The Labute approximate surface area is 227 Å². The van der Waals surface area contributed by atoms with Crippen LogP contribution in [-0.4, -0.2) is 36.7 Å². The molecule has 196 valence electrons. The van der Waals surface area contributed by atoms with E-state index in [9.17, 15) is 13.2 Å². The van der Waals surface area contributed by atoms with Crippen LogP contribution in [0.4, 0.5) is 5.00 Å². The predicted molar refractivity (Wildman–Crippen MR) is 155 cm³/mol. The van der Waals surface area contributed by atoms with Gasteiger partial charge in [0.1, 0.15) is 10.0 Å². The second-order valence-corrected chi connectivity index (χ2v) is 13.3. The standard InChI is InChI=1S/C28H33N3O3S3/c1-5-7-17-31(18-8-6-2)37(33,34)22-15-13-21(14-16-22)26(32)30-28-25(19(3)20(4)35-28)27-29-23-11-9-10-12-24(23)36-27/h9-16H,5-8,17-18H2,1-4H3,(H,30,32). The van der Waals surface area contributed by atoms with Crippen molar-refractivity contribution in [3.8, 4) is 10.6 Å². The number of carbonyl (C=O) groups is 1. The largest absolute Gasteiger partial charge is 0.313 e. The van der Waals surface area contributed by atoms with Gasteiger partial charge in [-0.15, -0.1) is 22.7 Å². The van der Waals surface area contributed by atoms with Crippen molar-refractivity contribution in [1.29, 1.82) is 0 Å². The van der Waals surface area contributed by atoms with E-state index in [4.69, 9.17) is 4.98 Å². The lowest BCUT2D eigenvalue weighted by Crippen LogP contribution is -2.33. The molecule has 0 aliphatic rings. The summed E-state index contributed by atoms with van der Waals surface area (Å²) in [6.45, 7) is 9.20. The SMILES string of the molecule is CCCCN(CCCC)S(=O)(=O)c1ccc(C(=O)Nc2sc(C)c(C)c2-c2nc3ccccc3s2)cc1. The summed E-state index contributed by atoms with van der Waals surface area (Å²) in [4.78, 5) is 19.3. The van der Waals surface area contributed by atoms with Gasteiger partial charge in [0.15, 0.2) is 0 Å². The molecule has 1 N–H and O–H groups in total. The van der Waals surface area contributed by atoms with Gasteiger partial charge in [-0.05, 0) is 68.7 Å². The molecule has 2 aromatic carbocycles. The molecular weight excluding hydrogens is 523 g/mol. The van der Waals surface area contributed by atoms with Crippen molar-refractivity contribution in [3.63, 3.8) is 0 Å². The van der Waals surface area contributed by atoms with Gasteiger partial charge in [0, 0.05) is 29.1 Å². The molecule has 9 heteroatoms. The van der Waals surface area contributed by atoms with Crippen molar-refractivity contribution in [2.75, 3.05) is 18.4 Å². The molecule has 2 heterocycles. The van der Waals surface area contributed by atoms with Crippen LogP contribution in [0.3, 0.4) is 0 Å². The van der Waals surface area contributed by atoms with Gasteiger partial charge in [0.25, 0.3) is 5.91 Å². The van der Waals surface area contributed by atoms with Gasteiger partial charge in [0.2, 0.25) is 10.0 Å². The lowest BCUT2D eigenvalue weighted by atomic mass is 10.1. The van der Waals surface area contributed by atoms with Gasteiger partial charge in [-0.3, -0.25) is 4.79 Å². The molecular formula is C28H33N3O3S3. The number of para-hydroxylation sites is 1. The molecule has 0 fully saturated rings. The third-order valence-corrected chi connectivity index (χ3v) is 10.5. The molecule has 6 nitrogen and oxygen atoms in total. The molecule has 0 saturated carbocycles. The number of fused-ring (bicyclic) bond motifs is 1. The summed E-state index contributed by atoms with van der Waals surface area (Å²) in [5.41, 5.74) is 3.39. The zero-order valence-electron chi connectivity index (χ0n) is 21.7. The van der Waals surface area contributed by atoms with Crippen LogP contribution in [-0.2, 0) is 10.0 Å². The molecule has 1 amide bonds. The summed E-state index contributed by atoms with van der Waals surface area (Å²) in [7, 11) is -3.61. The predicted octanol–water partition coefficient (Wildman–Crippen LogP) is 7.48. The fourth-order valence-corrected chi connectivity index (χ4v) is 7.79. The van der Waals surface area contributed by atoms with Crippen LogP contribution in [0.2, 0.25) is 0 Å². The number of hydrogen-bond donors (Lipinski definition) is 1. The molecule has 2 aromatic heterocycles. The van der Waals surface area contributed by atoms with E-state index in [0.29, 0.717) is 18.7 Å². The highest BCUT2D eigenvalue weighted by Gasteiger charge is 2.24. The van der Waals surface area contributed by atoms with Gasteiger partial charge in [0.05, 0.1) is 15.1 Å². The number of sulfonamides is 1. The number of unbranched alkanes of at least 4 members (excludes halogenated alkanes) is 2. The van der Waals surface area contributed by atoms with E-state index in [1.165, 1.54) is 23.5 Å². The van der Waals surface area contributed by atoms with E-state index in [1.807, 2.05) is 38.1 Å². The van der Waals surface area contributed by atoms with Crippen LogP contribution in [0.25, 0.3) is 20.8 Å². The number of rotatable bonds is 11. The van der Waals surface area contributed by atoms with E-state index in [0.717, 1.165) is 61.9 Å². The molecule has 0 aliphatic heterocycles. The average Bonchev–Trinajstić information content (AvgIpc) is 3.43. The topological polar surface area (TPSA) is 79.4 Å². The Morgan fingerprint density at radius 2 is 1.59 bits per heavy atom. The van der Waals surface area contributed by atoms with E-state index < -0.39 is 10.0 Å². The second-order valence-electron chi connectivity index (χ2n) is 9.06. The first-order valence-corrected chi connectivity index (χ1v) is 15.7. The lowest BCUT2D eigenvalue weighted by Gasteiger charge is -2.22. The number of aromatic nitrogens is 1. The summed E-state index contributed by atoms with van der Waals surface area (Å²) in [6.07, 6.45) is 3.50. The smallest absolute Gasteiger partial charge is 0.256 e. The molecule has 0 bridgehead atoms. The van der Waals surface area contributed by atoms with Crippen LogP contribution in [0.15, 0.2) is 53.4 Å². The number of anilines is 1. The number of aryl methyl sites for hydroxylation is 1. The van der Waals surface area contributed by atoms with Gasteiger partial charge >= 0.3 is 0 Å². The average molecular weight is 556 g/mol. The van der Waals surface area contributed by atoms with Gasteiger partial charge in [-0.25, -0.2) is 13.4 Å². The van der Waals surface area contributed by atoms with Crippen molar-refractivity contribution in [3.05, 3.63) is 64.5 Å². The molecule has 0 saturated heterocycles. The number of hydrogen-bond acceptors (Lipinski definition) is 6. The van der Waals surface area contributed by atoms with Crippen LogP contribution >= 0.6 is 22.7 Å². The van der Waals surface area contributed by atoms with E-state index in [2.05, 4.69) is 19.2 Å². The van der Waals surface area contributed by atoms with E-state index >= 15 is 0 Å². The number of thiophene rings is 1. The Kier molecular flexibility index (Phi) is 8.79. The molecule has 0 unspecified atom stereocenters. The summed E-state index contributed by atoms with van der Waals surface area (Å²) >= 11 is 3.13. The van der Waals surface area contributed by atoms with Crippen LogP contribution in [0.5, 0.6) is 0 Å². The van der Waals surface area contributed by atoms with Crippen LogP contribution in [0, 0.1) is 13.8 Å². The minimum atomic E-state index is -3.61. The number of nitrogens with one attached hydrogen (secondary N) is 1. The Morgan fingerprint density at radius 3 is 2.22 bits per heavy atom. The fraction of sp³-hybridized carbons (Fsp3) is 0.357. The highest BCUT2D eigenvalue weighted by molar-refractivity contribution is 7.89. The van der Waals surface area contributed by atoms with Crippen molar-refractivity contribution < 1.29 is 13.2 Å². The first-order chi connectivity index (χ1) is 17.8. The third-order valence-electron chi connectivity index (χ3n) is 6.40. The fourth-order valence-electron chi connectivity index (χ4n) is 4.08. The van der Waals surface area contributed by atoms with E-state index in [1.54, 1.807) is 27.8 Å². The first-order valence-electron chi connectivity index (χ1n) is 12.6. The minimum absolute atomic E-state index is 0.217. The van der Waals surface area contributed by atoms with Crippen LogP contribution in [0.1, 0.15) is 60.3 Å². The molecule has 4 aromatic rings. The van der Waals surface area contributed by atoms with Gasteiger partial charge in [-0.2, -0.15) is 4.31 Å². The number of benzene rings is 2. The third kappa shape index (κ3) is 5.95. The molecule has 37 heavy (non-hydrogen) atoms. The van der Waals surface area contributed by atoms with E-state index in [-0.39, 0.29) is 10.8 Å². The summed E-state index contributed by atoms with van der Waals surface area (Å²) in [5.74, 6) is -0.276. The number of nitrogens with zero attached hydrogens (tertiary/aromatic N) is 2. The molecule has 0 atom stereocenters. The molecule has 4 rings (SSSR count). The Balaban J connectivity index is 1.57. The lowest BCUT2D eigenvalue weighted by molar-refractivity contribution is 0.102. The Morgan fingerprint density at radius 1 is 0.946 bits per heavy atom. The van der Waals surface area contributed by atoms with Crippen molar-refractivity contribution in [1.82, 2.24) is 9.29 Å². The normalized spacial score (nSPS) is 11.9. The monoisotopic (exact) mass is 555 g/mol. The summed E-state index contributed by atoms with van der Waals surface area (Å²) < 4.78 is 29.2. The summed E-state index contributed by atoms with van der Waals surface area (Å²) in [5, 5.41) is 4.68. The Bertz CT molecular complexity index is 1450. The van der Waals surface area contributed by atoms with Gasteiger partial charge < -0.3 is 5.32 Å². The zero-order chi connectivity index (χ0) is 26.6. The van der Waals surface area contributed by atoms with Crippen molar-refractivity contribution in [2.24, 2.45) is 0 Å². The minimum Gasteiger partial charge on any atom is -0.313 e. The number of carbonyl (C=O) groups excluding carboxylic acids is 1. The number of amides is 1.